The lowest BCUT2D eigenvalue weighted by molar-refractivity contribution is 0.0775. The van der Waals surface area contributed by atoms with Gasteiger partial charge in [0.25, 0.3) is 5.91 Å². The van der Waals surface area contributed by atoms with Gasteiger partial charge in [-0.05, 0) is 39.2 Å². The van der Waals surface area contributed by atoms with Crippen molar-refractivity contribution in [2.24, 2.45) is 11.1 Å². The molecule has 0 aliphatic carbocycles. The highest BCUT2D eigenvalue weighted by atomic mass is 35.5. The van der Waals surface area contributed by atoms with Gasteiger partial charge in [-0.3, -0.25) is 9.48 Å². The van der Waals surface area contributed by atoms with Crippen molar-refractivity contribution in [2.75, 3.05) is 19.6 Å². The van der Waals surface area contributed by atoms with Crippen LogP contribution in [-0.2, 0) is 6.54 Å². The van der Waals surface area contributed by atoms with E-state index in [0.29, 0.717) is 6.54 Å². The number of nitrogens with zero attached hydrogens (tertiary/aromatic N) is 3. The first-order valence-electron chi connectivity index (χ1n) is 6.95. The highest BCUT2D eigenvalue weighted by Gasteiger charge is 2.36. The van der Waals surface area contributed by atoms with E-state index < -0.39 is 0 Å². The Morgan fingerprint density at radius 3 is 2.55 bits per heavy atom. The van der Waals surface area contributed by atoms with E-state index >= 15 is 0 Å². The van der Waals surface area contributed by atoms with Crippen LogP contribution >= 0.6 is 12.4 Å². The number of amides is 1. The number of carbonyl (C=O) groups is 1. The molecule has 1 aliphatic rings. The summed E-state index contributed by atoms with van der Waals surface area (Å²) in [6.45, 7) is 11.0. The largest absolute Gasteiger partial charge is 0.338 e. The first-order chi connectivity index (χ1) is 8.91. The monoisotopic (exact) mass is 300 g/mol. The number of rotatable bonds is 3. The second-order valence-electron chi connectivity index (χ2n) is 5.85. The van der Waals surface area contributed by atoms with Gasteiger partial charge in [0.15, 0.2) is 0 Å². The summed E-state index contributed by atoms with van der Waals surface area (Å²) in [5.74, 6) is 0.104. The minimum absolute atomic E-state index is 0. The Labute approximate surface area is 126 Å². The summed E-state index contributed by atoms with van der Waals surface area (Å²) in [5.41, 5.74) is 8.42. The summed E-state index contributed by atoms with van der Waals surface area (Å²) in [6.07, 6.45) is 0.981. The topological polar surface area (TPSA) is 64.2 Å². The normalized spacial score (nSPS) is 21.9. The Kier molecular flexibility index (Phi) is 5.21. The van der Waals surface area contributed by atoms with Crippen LogP contribution in [0, 0.1) is 19.3 Å². The lowest BCUT2D eigenvalue weighted by atomic mass is 9.90. The molecule has 1 amide bonds. The number of carbonyl (C=O) groups excluding carboxylic acids is 1. The van der Waals surface area contributed by atoms with E-state index in [4.69, 9.17) is 5.73 Å². The highest BCUT2D eigenvalue weighted by molar-refractivity contribution is 5.96. The number of aromatic nitrogens is 2. The molecule has 20 heavy (non-hydrogen) atoms. The molecule has 0 aromatic carbocycles. The van der Waals surface area contributed by atoms with E-state index in [1.54, 1.807) is 0 Å². The molecule has 1 aromatic heterocycles. The maximum absolute atomic E-state index is 12.7. The van der Waals surface area contributed by atoms with Crippen LogP contribution < -0.4 is 5.73 Å². The molecule has 0 bridgehead atoms. The van der Waals surface area contributed by atoms with Gasteiger partial charge in [-0.25, -0.2) is 0 Å². The standard InChI is InChI=1S/C14H24N4O.ClH/c1-5-18-11(3)12(10(2)16-18)13(19)17-7-6-14(4,8-15)9-17;/h5-9,15H2,1-4H3;1H. The number of aryl methyl sites for hydroxylation is 2. The molecule has 1 unspecified atom stereocenters. The molecule has 114 valence electrons. The second-order valence-corrected chi connectivity index (χ2v) is 5.85. The molecule has 0 radical (unpaired) electrons. The minimum atomic E-state index is 0. The Hall–Kier alpha value is -1.07. The summed E-state index contributed by atoms with van der Waals surface area (Å²) in [7, 11) is 0. The van der Waals surface area contributed by atoms with Crippen molar-refractivity contribution in [1.82, 2.24) is 14.7 Å². The van der Waals surface area contributed by atoms with Gasteiger partial charge in [0.2, 0.25) is 0 Å². The van der Waals surface area contributed by atoms with E-state index in [-0.39, 0.29) is 23.7 Å². The smallest absolute Gasteiger partial charge is 0.257 e. The first kappa shape index (κ1) is 17.0. The molecule has 0 spiro atoms. The number of hydrogen-bond acceptors (Lipinski definition) is 3. The summed E-state index contributed by atoms with van der Waals surface area (Å²) >= 11 is 0. The van der Waals surface area contributed by atoms with Gasteiger partial charge in [-0.15, -0.1) is 12.4 Å². The molecule has 1 aromatic rings. The van der Waals surface area contributed by atoms with Gasteiger partial charge in [0.1, 0.15) is 0 Å². The van der Waals surface area contributed by atoms with E-state index in [1.165, 1.54) is 0 Å². The summed E-state index contributed by atoms with van der Waals surface area (Å²) in [6, 6.07) is 0. The Morgan fingerprint density at radius 1 is 1.45 bits per heavy atom. The van der Waals surface area contributed by atoms with Crippen molar-refractivity contribution in [2.45, 2.75) is 40.7 Å². The summed E-state index contributed by atoms with van der Waals surface area (Å²) < 4.78 is 1.89. The summed E-state index contributed by atoms with van der Waals surface area (Å²) in [5, 5.41) is 4.42. The fourth-order valence-electron chi connectivity index (χ4n) is 2.84. The van der Waals surface area contributed by atoms with Gasteiger partial charge in [0, 0.05) is 25.3 Å². The zero-order valence-corrected chi connectivity index (χ0v) is 13.6. The number of likely N-dealkylation sites (tertiary alicyclic amines) is 1. The molecule has 5 nitrogen and oxygen atoms in total. The molecule has 1 saturated heterocycles. The molecule has 2 heterocycles. The molecule has 2 N–H and O–H groups in total. The van der Waals surface area contributed by atoms with E-state index in [1.807, 2.05) is 30.4 Å². The van der Waals surface area contributed by atoms with Crippen molar-refractivity contribution in [3.63, 3.8) is 0 Å². The van der Waals surface area contributed by atoms with Gasteiger partial charge >= 0.3 is 0 Å². The van der Waals surface area contributed by atoms with Crippen LogP contribution in [0.1, 0.15) is 42.0 Å². The predicted molar refractivity (Wildman–Crippen MR) is 82.3 cm³/mol. The van der Waals surface area contributed by atoms with Crippen LogP contribution in [0.25, 0.3) is 0 Å². The van der Waals surface area contributed by atoms with Crippen LogP contribution in [-0.4, -0.2) is 40.2 Å². The average Bonchev–Trinajstić information content (AvgIpc) is 2.91. The van der Waals surface area contributed by atoms with Gasteiger partial charge in [-0.2, -0.15) is 5.10 Å². The molecule has 2 rings (SSSR count). The van der Waals surface area contributed by atoms with Crippen molar-refractivity contribution in [1.29, 1.82) is 0 Å². The minimum Gasteiger partial charge on any atom is -0.338 e. The zero-order valence-electron chi connectivity index (χ0n) is 12.8. The Balaban J connectivity index is 0.00000200. The van der Waals surface area contributed by atoms with Crippen LogP contribution in [0.3, 0.4) is 0 Å². The fraction of sp³-hybridized carbons (Fsp3) is 0.714. The Morgan fingerprint density at radius 2 is 2.10 bits per heavy atom. The maximum Gasteiger partial charge on any atom is 0.257 e. The molecule has 0 saturated carbocycles. The van der Waals surface area contributed by atoms with Crippen LogP contribution in [0.5, 0.6) is 0 Å². The van der Waals surface area contributed by atoms with Crippen molar-refractivity contribution >= 4 is 18.3 Å². The lowest BCUT2D eigenvalue weighted by Gasteiger charge is -2.22. The predicted octanol–water partition coefficient (Wildman–Crippen LogP) is 1.75. The molecule has 1 atom stereocenters. The number of hydrogen-bond donors (Lipinski definition) is 1. The van der Waals surface area contributed by atoms with Crippen LogP contribution in [0.15, 0.2) is 0 Å². The van der Waals surface area contributed by atoms with E-state index in [9.17, 15) is 4.79 Å². The van der Waals surface area contributed by atoms with Crippen molar-refractivity contribution in [3.05, 3.63) is 17.0 Å². The quantitative estimate of drug-likeness (QED) is 0.925. The Bertz CT molecular complexity index is 500. The highest BCUT2D eigenvalue weighted by Crippen LogP contribution is 2.30. The van der Waals surface area contributed by atoms with Gasteiger partial charge in [-0.1, -0.05) is 6.92 Å². The number of nitrogens with two attached hydrogens (primary N) is 1. The maximum atomic E-state index is 12.7. The van der Waals surface area contributed by atoms with Gasteiger partial charge < -0.3 is 10.6 Å². The molecule has 1 fully saturated rings. The van der Waals surface area contributed by atoms with Crippen molar-refractivity contribution < 1.29 is 4.79 Å². The van der Waals surface area contributed by atoms with Crippen LogP contribution in [0.2, 0.25) is 0 Å². The zero-order chi connectivity index (χ0) is 14.2. The molecule has 1 aliphatic heterocycles. The summed E-state index contributed by atoms with van der Waals surface area (Å²) in [4.78, 5) is 14.6. The molecule has 6 heteroatoms. The third-order valence-electron chi connectivity index (χ3n) is 4.23. The number of halogens is 1. The average molecular weight is 301 g/mol. The fourth-order valence-corrected chi connectivity index (χ4v) is 2.84. The van der Waals surface area contributed by atoms with E-state index in [2.05, 4.69) is 12.0 Å². The third kappa shape index (κ3) is 2.83. The lowest BCUT2D eigenvalue weighted by Crippen LogP contribution is -2.34. The third-order valence-corrected chi connectivity index (χ3v) is 4.23. The first-order valence-corrected chi connectivity index (χ1v) is 6.95. The second kappa shape index (κ2) is 6.14. The van der Waals surface area contributed by atoms with Crippen LogP contribution in [0.4, 0.5) is 0 Å². The molecular formula is C14H25ClN4O. The molecular weight excluding hydrogens is 276 g/mol. The van der Waals surface area contributed by atoms with E-state index in [0.717, 1.165) is 43.0 Å². The van der Waals surface area contributed by atoms with Gasteiger partial charge in [0.05, 0.1) is 11.3 Å². The SMILES string of the molecule is CCn1nc(C)c(C(=O)N2CCC(C)(CN)C2)c1C.Cl. The van der Waals surface area contributed by atoms with Crippen molar-refractivity contribution in [3.8, 4) is 0 Å².